The molecule has 0 aliphatic heterocycles. The first kappa shape index (κ1) is 12.3. The van der Waals surface area contributed by atoms with Crippen LogP contribution in [0, 0.1) is 0 Å². The first-order chi connectivity index (χ1) is 9.33. The van der Waals surface area contributed by atoms with Gasteiger partial charge < -0.3 is 9.84 Å². The Morgan fingerprint density at radius 3 is 3.16 bits per heavy atom. The molecule has 0 aromatic carbocycles. The van der Waals surface area contributed by atoms with Crippen LogP contribution < -0.4 is 5.32 Å². The third-order valence-electron chi connectivity index (χ3n) is 3.01. The molecule has 0 amide bonds. The van der Waals surface area contributed by atoms with Crippen LogP contribution in [-0.4, -0.2) is 31.2 Å². The third-order valence-corrected chi connectivity index (χ3v) is 3.01. The van der Waals surface area contributed by atoms with Gasteiger partial charge in [-0.2, -0.15) is 4.98 Å². The van der Waals surface area contributed by atoms with Crippen LogP contribution in [0.25, 0.3) is 0 Å². The minimum atomic E-state index is 0.504. The topological polar surface area (TPSA) is 81.7 Å². The molecule has 0 bridgehead atoms. The van der Waals surface area contributed by atoms with Gasteiger partial charge in [0.05, 0.1) is 11.9 Å². The van der Waals surface area contributed by atoms with Crippen LogP contribution in [0.5, 0.6) is 0 Å². The first-order valence-corrected chi connectivity index (χ1v) is 6.77. The van der Waals surface area contributed by atoms with Gasteiger partial charge in [-0.3, -0.25) is 0 Å². The number of aromatic nitrogens is 5. The fraction of sp³-hybridized carbons (Fsp3) is 0.667. The van der Waals surface area contributed by atoms with E-state index in [0.29, 0.717) is 24.3 Å². The highest BCUT2D eigenvalue weighted by Gasteiger charge is 2.20. The number of nitrogens with one attached hydrogen (secondary N) is 1. The number of hydrogen-bond acceptors (Lipinski definition) is 6. The minimum Gasteiger partial charge on any atom is -0.339 e. The largest absolute Gasteiger partial charge is 0.339 e. The second-order valence-electron chi connectivity index (χ2n) is 4.92. The van der Waals surface area contributed by atoms with Gasteiger partial charge in [-0.05, 0) is 19.3 Å². The van der Waals surface area contributed by atoms with Gasteiger partial charge in [0.1, 0.15) is 6.54 Å². The number of nitrogens with zero attached hydrogens (tertiary/aromatic N) is 5. The van der Waals surface area contributed by atoms with E-state index in [1.165, 1.54) is 12.8 Å². The minimum absolute atomic E-state index is 0.504. The summed E-state index contributed by atoms with van der Waals surface area (Å²) < 4.78 is 6.88. The molecule has 0 unspecified atom stereocenters. The van der Waals surface area contributed by atoms with Crippen molar-refractivity contribution in [2.45, 2.75) is 51.7 Å². The van der Waals surface area contributed by atoms with E-state index in [1.807, 2.05) is 6.20 Å². The highest BCUT2D eigenvalue weighted by molar-refractivity contribution is 4.96. The van der Waals surface area contributed by atoms with Gasteiger partial charge >= 0.3 is 0 Å². The maximum atomic E-state index is 5.14. The molecule has 0 spiro atoms. The Bertz CT molecular complexity index is 530. The van der Waals surface area contributed by atoms with Crippen LogP contribution in [-0.2, 0) is 19.5 Å². The lowest BCUT2D eigenvalue weighted by Gasteiger charge is -1.96. The lowest BCUT2D eigenvalue weighted by Crippen LogP contribution is -2.15. The molecule has 1 aliphatic rings. The zero-order chi connectivity index (χ0) is 13.1. The van der Waals surface area contributed by atoms with Crippen molar-refractivity contribution in [3.63, 3.8) is 0 Å². The van der Waals surface area contributed by atoms with E-state index in [0.717, 1.165) is 25.1 Å². The molecule has 2 heterocycles. The average Bonchev–Trinajstić information content (AvgIpc) is 2.97. The van der Waals surface area contributed by atoms with Crippen molar-refractivity contribution < 1.29 is 4.52 Å². The van der Waals surface area contributed by atoms with Crippen LogP contribution in [0.15, 0.2) is 10.7 Å². The van der Waals surface area contributed by atoms with Crippen molar-refractivity contribution >= 4 is 0 Å². The molecule has 1 N–H and O–H groups in total. The van der Waals surface area contributed by atoms with Gasteiger partial charge in [0.25, 0.3) is 0 Å². The lowest BCUT2D eigenvalue weighted by atomic mass is 10.3. The SMILES string of the molecule is CCCc1nc(Cn2cc(CNC3CC3)nn2)no1. The molecular weight excluding hydrogens is 244 g/mol. The van der Waals surface area contributed by atoms with Gasteiger partial charge in [0, 0.05) is 19.0 Å². The molecule has 7 heteroatoms. The van der Waals surface area contributed by atoms with E-state index < -0.39 is 0 Å². The number of aryl methyl sites for hydroxylation is 1. The smallest absolute Gasteiger partial charge is 0.226 e. The highest BCUT2D eigenvalue weighted by atomic mass is 16.5. The summed E-state index contributed by atoms with van der Waals surface area (Å²) >= 11 is 0. The highest BCUT2D eigenvalue weighted by Crippen LogP contribution is 2.18. The van der Waals surface area contributed by atoms with Crippen LogP contribution in [0.3, 0.4) is 0 Å². The first-order valence-electron chi connectivity index (χ1n) is 6.77. The normalized spacial score (nSPS) is 15.0. The fourth-order valence-corrected chi connectivity index (χ4v) is 1.85. The van der Waals surface area contributed by atoms with Crippen molar-refractivity contribution in [2.24, 2.45) is 0 Å². The Morgan fingerprint density at radius 1 is 1.47 bits per heavy atom. The molecule has 3 rings (SSSR count). The molecule has 1 fully saturated rings. The Morgan fingerprint density at radius 2 is 2.37 bits per heavy atom. The van der Waals surface area contributed by atoms with Crippen LogP contribution >= 0.6 is 0 Å². The van der Waals surface area contributed by atoms with Crippen LogP contribution in [0.1, 0.15) is 43.6 Å². The Hall–Kier alpha value is -1.76. The molecule has 19 heavy (non-hydrogen) atoms. The molecular formula is C12H18N6O. The molecule has 1 saturated carbocycles. The molecule has 2 aromatic rings. The van der Waals surface area contributed by atoms with Crippen LogP contribution in [0.4, 0.5) is 0 Å². The molecule has 7 nitrogen and oxygen atoms in total. The Kier molecular flexibility index (Phi) is 3.54. The van der Waals surface area contributed by atoms with Crippen molar-refractivity contribution in [1.82, 2.24) is 30.5 Å². The summed E-state index contributed by atoms with van der Waals surface area (Å²) in [5.41, 5.74) is 0.948. The summed E-state index contributed by atoms with van der Waals surface area (Å²) in [6, 6.07) is 0.680. The zero-order valence-electron chi connectivity index (χ0n) is 11.0. The summed E-state index contributed by atoms with van der Waals surface area (Å²) in [7, 11) is 0. The van der Waals surface area contributed by atoms with Crippen molar-refractivity contribution in [3.05, 3.63) is 23.6 Å². The fourth-order valence-electron chi connectivity index (χ4n) is 1.85. The molecule has 0 atom stereocenters. The van der Waals surface area contributed by atoms with E-state index >= 15 is 0 Å². The third kappa shape index (κ3) is 3.37. The summed E-state index contributed by atoms with van der Waals surface area (Å²) in [6.45, 7) is 3.36. The van der Waals surface area contributed by atoms with Gasteiger partial charge in [0.2, 0.25) is 5.89 Å². The van der Waals surface area contributed by atoms with Gasteiger partial charge in [0.15, 0.2) is 5.82 Å². The van der Waals surface area contributed by atoms with Gasteiger partial charge in [-0.15, -0.1) is 5.10 Å². The molecule has 0 radical (unpaired) electrons. The quantitative estimate of drug-likeness (QED) is 0.799. The summed E-state index contributed by atoms with van der Waals surface area (Å²) in [5, 5.41) is 15.5. The van der Waals surface area contributed by atoms with E-state index in [1.54, 1.807) is 4.68 Å². The lowest BCUT2D eigenvalue weighted by molar-refractivity contribution is 0.370. The zero-order valence-corrected chi connectivity index (χ0v) is 11.0. The standard InChI is InChI=1S/C12H18N6O/c1-2-3-12-14-11(16-19-12)8-18-7-10(15-17-18)6-13-9-4-5-9/h7,9,13H,2-6,8H2,1H3. The monoisotopic (exact) mass is 262 g/mol. The van der Waals surface area contributed by atoms with Crippen molar-refractivity contribution in [3.8, 4) is 0 Å². The molecule has 2 aromatic heterocycles. The predicted molar refractivity (Wildman–Crippen MR) is 67.3 cm³/mol. The van der Waals surface area contributed by atoms with Crippen LogP contribution in [0.2, 0.25) is 0 Å². The summed E-state index contributed by atoms with van der Waals surface area (Å²) in [5.74, 6) is 1.34. The van der Waals surface area contributed by atoms with Gasteiger partial charge in [-0.1, -0.05) is 17.3 Å². The Balaban J connectivity index is 1.55. The molecule has 0 saturated heterocycles. The number of hydrogen-bond donors (Lipinski definition) is 1. The van der Waals surface area contributed by atoms with E-state index in [4.69, 9.17) is 4.52 Å². The average molecular weight is 262 g/mol. The number of rotatable bonds is 7. The second kappa shape index (κ2) is 5.48. The van der Waals surface area contributed by atoms with E-state index in [-0.39, 0.29) is 0 Å². The maximum Gasteiger partial charge on any atom is 0.226 e. The summed E-state index contributed by atoms with van der Waals surface area (Å²) in [6.07, 6.45) is 6.29. The predicted octanol–water partition coefficient (Wildman–Crippen LogP) is 0.914. The maximum absolute atomic E-state index is 5.14. The van der Waals surface area contributed by atoms with Crippen molar-refractivity contribution in [2.75, 3.05) is 0 Å². The van der Waals surface area contributed by atoms with Gasteiger partial charge in [-0.25, -0.2) is 4.68 Å². The van der Waals surface area contributed by atoms with E-state index in [2.05, 4.69) is 32.7 Å². The summed E-state index contributed by atoms with van der Waals surface area (Å²) in [4.78, 5) is 4.31. The van der Waals surface area contributed by atoms with Crippen molar-refractivity contribution in [1.29, 1.82) is 0 Å². The Labute approximate surface area is 111 Å². The second-order valence-corrected chi connectivity index (χ2v) is 4.92. The van der Waals surface area contributed by atoms with E-state index in [9.17, 15) is 0 Å². The molecule has 1 aliphatic carbocycles. The molecule has 102 valence electrons.